The van der Waals surface area contributed by atoms with Crippen molar-refractivity contribution in [3.05, 3.63) is 10.7 Å². The topological polar surface area (TPSA) is 75.9 Å². The molecule has 6 heteroatoms. The number of rotatable bonds is 5. The van der Waals surface area contributed by atoms with E-state index in [-0.39, 0.29) is 0 Å². The number of anilines is 2. The molecule has 1 saturated carbocycles. The van der Waals surface area contributed by atoms with Gasteiger partial charge in [-0.2, -0.15) is 4.98 Å². The summed E-state index contributed by atoms with van der Waals surface area (Å²) in [6, 6.07) is 0. The summed E-state index contributed by atoms with van der Waals surface area (Å²) in [7, 11) is 0. The van der Waals surface area contributed by atoms with Crippen LogP contribution in [0.4, 0.5) is 11.8 Å². The molecule has 100 valence electrons. The fourth-order valence-corrected chi connectivity index (χ4v) is 2.76. The van der Waals surface area contributed by atoms with Crippen molar-refractivity contribution in [3.63, 3.8) is 0 Å². The summed E-state index contributed by atoms with van der Waals surface area (Å²) in [4.78, 5) is 8.29. The molecule has 0 spiro atoms. The van der Waals surface area contributed by atoms with Crippen LogP contribution in [0.15, 0.2) is 10.7 Å². The Morgan fingerprint density at radius 2 is 2.11 bits per heavy atom. The van der Waals surface area contributed by atoms with E-state index in [9.17, 15) is 0 Å². The first-order valence-corrected chi connectivity index (χ1v) is 7.32. The molecule has 18 heavy (non-hydrogen) atoms. The van der Waals surface area contributed by atoms with E-state index in [1.54, 1.807) is 6.20 Å². The van der Waals surface area contributed by atoms with Gasteiger partial charge in [-0.05, 0) is 28.3 Å². The number of aromatic nitrogens is 2. The molecule has 1 heterocycles. The van der Waals surface area contributed by atoms with Crippen LogP contribution in [0.3, 0.4) is 0 Å². The number of nitrogens with one attached hydrogen (secondary N) is 2. The Morgan fingerprint density at radius 1 is 1.33 bits per heavy atom. The molecule has 0 amide bonds. The Labute approximate surface area is 116 Å². The fourth-order valence-electron chi connectivity index (χ4n) is 2.43. The molecule has 5 nitrogen and oxygen atoms in total. The van der Waals surface area contributed by atoms with Crippen LogP contribution in [0, 0.1) is 5.92 Å². The monoisotopic (exact) mass is 313 g/mol. The van der Waals surface area contributed by atoms with Crippen LogP contribution in [-0.4, -0.2) is 16.5 Å². The largest absolute Gasteiger partial charge is 0.369 e. The molecule has 0 atom stereocenters. The van der Waals surface area contributed by atoms with Crippen LogP contribution >= 0.6 is 15.9 Å². The molecular formula is C12H20BrN5. The number of nitrogens with zero attached hydrogens (tertiary/aromatic N) is 2. The molecule has 0 bridgehead atoms. The smallest absolute Gasteiger partial charge is 0.239 e. The minimum atomic E-state index is 0.429. The Bertz CT molecular complexity index is 379. The molecule has 0 radical (unpaired) electrons. The Kier molecular flexibility index (Phi) is 5.19. The van der Waals surface area contributed by atoms with Gasteiger partial charge in [0, 0.05) is 12.7 Å². The predicted octanol–water partition coefficient (Wildman–Crippen LogP) is 2.91. The van der Waals surface area contributed by atoms with Crippen LogP contribution in [-0.2, 0) is 0 Å². The van der Waals surface area contributed by atoms with Gasteiger partial charge in [0.05, 0.1) is 4.47 Å². The van der Waals surface area contributed by atoms with Crippen LogP contribution in [0.1, 0.15) is 38.5 Å². The van der Waals surface area contributed by atoms with E-state index in [0.717, 1.165) is 22.8 Å². The minimum Gasteiger partial charge on any atom is -0.369 e. The van der Waals surface area contributed by atoms with Gasteiger partial charge in [0.2, 0.25) is 5.95 Å². The number of hydrazine groups is 1. The van der Waals surface area contributed by atoms with Crippen molar-refractivity contribution in [2.24, 2.45) is 11.8 Å². The van der Waals surface area contributed by atoms with Gasteiger partial charge in [-0.25, -0.2) is 10.8 Å². The zero-order chi connectivity index (χ0) is 12.8. The van der Waals surface area contributed by atoms with E-state index in [1.807, 2.05) is 0 Å². The number of nitrogens with two attached hydrogens (primary N) is 1. The molecule has 2 rings (SSSR count). The molecule has 1 aliphatic rings. The third-order valence-corrected chi connectivity index (χ3v) is 4.02. The summed E-state index contributed by atoms with van der Waals surface area (Å²) >= 11 is 3.43. The van der Waals surface area contributed by atoms with Gasteiger partial charge >= 0.3 is 0 Å². The van der Waals surface area contributed by atoms with Crippen molar-refractivity contribution < 1.29 is 0 Å². The van der Waals surface area contributed by atoms with E-state index >= 15 is 0 Å². The summed E-state index contributed by atoms with van der Waals surface area (Å²) in [5.41, 5.74) is 2.45. The molecule has 0 aliphatic heterocycles. The van der Waals surface area contributed by atoms with Gasteiger partial charge in [0.1, 0.15) is 5.82 Å². The maximum Gasteiger partial charge on any atom is 0.239 e. The lowest BCUT2D eigenvalue weighted by Gasteiger charge is -2.21. The van der Waals surface area contributed by atoms with Gasteiger partial charge < -0.3 is 5.32 Å². The summed E-state index contributed by atoms with van der Waals surface area (Å²) in [6.07, 6.45) is 9.86. The quantitative estimate of drug-likeness (QED) is 0.575. The van der Waals surface area contributed by atoms with Crippen molar-refractivity contribution in [3.8, 4) is 0 Å². The maximum absolute atomic E-state index is 5.30. The van der Waals surface area contributed by atoms with Gasteiger partial charge in [-0.15, -0.1) is 0 Å². The number of nitrogen functional groups attached to an aromatic ring is 1. The number of halogens is 1. The summed E-state index contributed by atoms with van der Waals surface area (Å²) < 4.78 is 0.866. The molecule has 4 N–H and O–H groups in total. The SMILES string of the molecule is NNc1ncc(Br)c(NCCC2CCCCC2)n1. The highest BCUT2D eigenvalue weighted by Crippen LogP contribution is 2.26. The fraction of sp³-hybridized carbons (Fsp3) is 0.667. The van der Waals surface area contributed by atoms with Crippen molar-refractivity contribution in [1.82, 2.24) is 9.97 Å². The van der Waals surface area contributed by atoms with Crippen molar-refractivity contribution in [2.75, 3.05) is 17.3 Å². The highest BCUT2D eigenvalue weighted by atomic mass is 79.9. The molecular weight excluding hydrogens is 294 g/mol. The van der Waals surface area contributed by atoms with E-state index in [2.05, 4.69) is 36.6 Å². The molecule has 0 aromatic carbocycles. The molecule has 1 fully saturated rings. The van der Waals surface area contributed by atoms with Crippen LogP contribution in [0.5, 0.6) is 0 Å². The first-order chi connectivity index (χ1) is 8.79. The van der Waals surface area contributed by atoms with Gasteiger partial charge in [-0.3, -0.25) is 5.43 Å². The first-order valence-electron chi connectivity index (χ1n) is 6.52. The van der Waals surface area contributed by atoms with Crippen molar-refractivity contribution >= 4 is 27.7 Å². The Balaban J connectivity index is 1.81. The van der Waals surface area contributed by atoms with Crippen molar-refractivity contribution in [1.29, 1.82) is 0 Å². The highest BCUT2D eigenvalue weighted by Gasteiger charge is 2.13. The van der Waals surface area contributed by atoms with Crippen LogP contribution in [0.25, 0.3) is 0 Å². The maximum atomic E-state index is 5.30. The summed E-state index contributed by atoms with van der Waals surface area (Å²) in [5.74, 6) is 7.40. The molecule has 1 aromatic rings. The lowest BCUT2D eigenvalue weighted by atomic mass is 9.87. The second-order valence-corrected chi connectivity index (χ2v) is 5.61. The average molecular weight is 314 g/mol. The van der Waals surface area contributed by atoms with Gasteiger partial charge in [0.25, 0.3) is 0 Å². The summed E-state index contributed by atoms with van der Waals surface area (Å²) in [5, 5.41) is 3.34. The van der Waals surface area contributed by atoms with E-state index in [0.29, 0.717) is 5.95 Å². The third kappa shape index (κ3) is 3.81. The second kappa shape index (κ2) is 6.89. The molecule has 0 unspecified atom stereocenters. The summed E-state index contributed by atoms with van der Waals surface area (Å²) in [6.45, 7) is 0.949. The normalized spacial score (nSPS) is 16.6. The van der Waals surface area contributed by atoms with Crippen LogP contribution in [0.2, 0.25) is 0 Å². The highest BCUT2D eigenvalue weighted by molar-refractivity contribution is 9.10. The molecule has 1 aromatic heterocycles. The zero-order valence-corrected chi connectivity index (χ0v) is 12.0. The first kappa shape index (κ1) is 13.5. The number of hydrogen-bond donors (Lipinski definition) is 3. The van der Waals surface area contributed by atoms with E-state index in [4.69, 9.17) is 5.84 Å². The lowest BCUT2D eigenvalue weighted by Crippen LogP contribution is -2.15. The zero-order valence-electron chi connectivity index (χ0n) is 10.5. The Morgan fingerprint density at radius 3 is 2.83 bits per heavy atom. The van der Waals surface area contributed by atoms with E-state index < -0.39 is 0 Å². The standard InChI is InChI=1S/C12H20BrN5/c13-10-8-16-12(18-14)17-11(10)15-7-6-9-4-2-1-3-5-9/h8-9H,1-7,14H2,(H2,15,16,17,18). The molecule has 0 saturated heterocycles. The molecule has 1 aliphatic carbocycles. The average Bonchev–Trinajstić information content (AvgIpc) is 2.42. The predicted molar refractivity (Wildman–Crippen MR) is 77.2 cm³/mol. The van der Waals surface area contributed by atoms with Gasteiger partial charge in [0.15, 0.2) is 0 Å². The van der Waals surface area contributed by atoms with Crippen molar-refractivity contribution in [2.45, 2.75) is 38.5 Å². The number of hydrogen-bond acceptors (Lipinski definition) is 5. The Hall–Kier alpha value is -0.880. The van der Waals surface area contributed by atoms with Gasteiger partial charge in [-0.1, -0.05) is 32.1 Å². The van der Waals surface area contributed by atoms with Crippen LogP contribution < -0.4 is 16.6 Å². The lowest BCUT2D eigenvalue weighted by molar-refractivity contribution is 0.345. The third-order valence-electron chi connectivity index (χ3n) is 3.44. The minimum absolute atomic E-state index is 0.429. The second-order valence-electron chi connectivity index (χ2n) is 4.75. The van der Waals surface area contributed by atoms with E-state index in [1.165, 1.54) is 38.5 Å².